The Morgan fingerprint density at radius 3 is 1.60 bits per heavy atom. The summed E-state index contributed by atoms with van der Waals surface area (Å²) in [7, 11) is 0. The zero-order chi connectivity index (χ0) is 33.0. The molecular weight excluding hydrogens is 611 g/mol. The summed E-state index contributed by atoms with van der Waals surface area (Å²) in [6, 6.07) is 61.5. The first-order valence-corrected chi connectivity index (χ1v) is 16.8. The Hall–Kier alpha value is -6.85. The lowest BCUT2D eigenvalue weighted by Gasteiger charge is -2.28. The number of benzene rings is 7. The van der Waals surface area contributed by atoms with Gasteiger partial charge in [0.1, 0.15) is 0 Å². The zero-order valence-corrected chi connectivity index (χ0v) is 27.0. The Balaban J connectivity index is 1.39. The summed E-state index contributed by atoms with van der Waals surface area (Å²) in [5.74, 6) is 1.81. The van der Waals surface area contributed by atoms with Crippen molar-refractivity contribution >= 4 is 38.9 Å². The van der Waals surface area contributed by atoms with Gasteiger partial charge in [-0.3, -0.25) is 4.57 Å². The van der Waals surface area contributed by atoms with E-state index in [9.17, 15) is 0 Å². The molecule has 5 heteroatoms. The first-order chi connectivity index (χ1) is 24.8. The van der Waals surface area contributed by atoms with Crippen LogP contribution in [0.3, 0.4) is 0 Å². The van der Waals surface area contributed by atoms with Gasteiger partial charge in [-0.1, -0.05) is 152 Å². The van der Waals surface area contributed by atoms with Crippen LogP contribution in [-0.2, 0) is 0 Å². The number of fused-ring (bicyclic) bond motifs is 9. The third-order valence-electron chi connectivity index (χ3n) is 9.59. The maximum Gasteiger partial charge on any atom is 0.238 e. The number of rotatable bonds is 4. The fraction of sp³-hybridized carbons (Fsp3) is 0. The largest absolute Gasteiger partial charge is 0.307 e. The highest BCUT2D eigenvalue weighted by molar-refractivity contribution is 6.19. The van der Waals surface area contributed by atoms with E-state index >= 15 is 0 Å². The summed E-state index contributed by atoms with van der Waals surface area (Å²) in [5, 5.41) is 2.26. The van der Waals surface area contributed by atoms with Crippen molar-refractivity contribution in [3.05, 3.63) is 176 Å². The maximum absolute atomic E-state index is 5.25. The van der Waals surface area contributed by atoms with Crippen molar-refractivity contribution < 1.29 is 0 Å². The van der Waals surface area contributed by atoms with Crippen molar-refractivity contribution in [3.8, 4) is 51.0 Å². The third kappa shape index (κ3) is 4.37. The van der Waals surface area contributed by atoms with Crippen molar-refractivity contribution in [2.45, 2.75) is 0 Å². The van der Waals surface area contributed by atoms with Gasteiger partial charge in [0.25, 0.3) is 0 Å². The molecule has 1 aliphatic rings. The quantitative estimate of drug-likeness (QED) is 0.192. The molecule has 234 valence electrons. The van der Waals surface area contributed by atoms with E-state index in [0.717, 1.165) is 55.6 Å². The molecule has 0 saturated heterocycles. The van der Waals surface area contributed by atoms with Crippen LogP contribution in [-0.4, -0.2) is 19.5 Å². The van der Waals surface area contributed by atoms with Crippen molar-refractivity contribution in [2.75, 3.05) is 4.90 Å². The van der Waals surface area contributed by atoms with E-state index in [0.29, 0.717) is 17.6 Å². The Morgan fingerprint density at radius 2 is 0.920 bits per heavy atom. The minimum atomic E-state index is 0.566. The summed E-state index contributed by atoms with van der Waals surface area (Å²) < 4.78 is 2.25. The van der Waals surface area contributed by atoms with Crippen molar-refractivity contribution in [3.63, 3.8) is 0 Å². The number of hydrogen-bond acceptors (Lipinski definition) is 4. The van der Waals surface area contributed by atoms with Gasteiger partial charge >= 0.3 is 0 Å². The molecule has 0 radical (unpaired) electrons. The molecule has 0 spiro atoms. The molecule has 50 heavy (non-hydrogen) atoms. The van der Waals surface area contributed by atoms with Gasteiger partial charge in [-0.15, -0.1) is 0 Å². The van der Waals surface area contributed by atoms with Crippen LogP contribution in [0, 0.1) is 0 Å². The molecule has 0 amide bonds. The average molecular weight is 640 g/mol. The van der Waals surface area contributed by atoms with Crippen LogP contribution in [0.2, 0.25) is 0 Å². The van der Waals surface area contributed by atoms with E-state index in [1.165, 1.54) is 16.7 Å². The van der Waals surface area contributed by atoms with E-state index in [4.69, 9.17) is 15.0 Å². The lowest BCUT2D eigenvalue weighted by molar-refractivity contribution is 0.953. The summed E-state index contributed by atoms with van der Waals surface area (Å²) in [6.07, 6.45) is 0. The highest BCUT2D eigenvalue weighted by atomic mass is 15.2. The van der Waals surface area contributed by atoms with E-state index < -0.39 is 0 Å². The van der Waals surface area contributed by atoms with Crippen LogP contribution < -0.4 is 4.90 Å². The monoisotopic (exact) mass is 639 g/mol. The van der Waals surface area contributed by atoms with Crippen LogP contribution in [0.1, 0.15) is 0 Å². The number of para-hydroxylation sites is 3. The van der Waals surface area contributed by atoms with Gasteiger partial charge in [-0.05, 0) is 35.4 Å². The minimum absolute atomic E-state index is 0.566. The highest BCUT2D eigenvalue weighted by Crippen LogP contribution is 2.54. The molecule has 0 N–H and O–H groups in total. The normalized spacial score (nSPS) is 12.0. The second-order valence-electron chi connectivity index (χ2n) is 12.5. The number of hydrogen-bond donors (Lipinski definition) is 0. The van der Waals surface area contributed by atoms with Crippen LogP contribution >= 0.6 is 0 Å². The topological polar surface area (TPSA) is 46.8 Å². The molecule has 3 heterocycles. The molecule has 2 aromatic heterocycles. The third-order valence-corrected chi connectivity index (χ3v) is 9.59. The van der Waals surface area contributed by atoms with Gasteiger partial charge in [0, 0.05) is 38.7 Å². The minimum Gasteiger partial charge on any atom is -0.307 e. The smallest absolute Gasteiger partial charge is 0.238 e. The molecular formula is C45H29N5. The average Bonchev–Trinajstić information content (AvgIpc) is 3.47. The first kappa shape index (κ1) is 28.2. The first-order valence-electron chi connectivity index (χ1n) is 16.8. The van der Waals surface area contributed by atoms with E-state index in [-0.39, 0.29) is 0 Å². The lowest BCUT2D eigenvalue weighted by Crippen LogP contribution is -2.13. The lowest BCUT2D eigenvalue weighted by atomic mass is 9.94. The van der Waals surface area contributed by atoms with Gasteiger partial charge in [0.05, 0.1) is 22.4 Å². The molecule has 0 bridgehead atoms. The number of anilines is 3. The van der Waals surface area contributed by atoms with Gasteiger partial charge in [-0.25, -0.2) is 4.98 Å². The molecule has 0 fully saturated rings. The second kappa shape index (κ2) is 11.4. The molecule has 0 unspecified atom stereocenters. The molecule has 0 aliphatic carbocycles. The van der Waals surface area contributed by atoms with E-state index in [1.54, 1.807) is 0 Å². The molecule has 9 aromatic rings. The fourth-order valence-electron chi connectivity index (χ4n) is 7.40. The molecule has 0 saturated carbocycles. The Kier molecular flexibility index (Phi) is 6.42. The summed E-state index contributed by atoms with van der Waals surface area (Å²) >= 11 is 0. The highest BCUT2D eigenvalue weighted by Gasteiger charge is 2.31. The number of nitrogens with zero attached hydrogens (tertiary/aromatic N) is 5. The van der Waals surface area contributed by atoms with Gasteiger partial charge in [-0.2, -0.15) is 9.97 Å². The molecule has 5 nitrogen and oxygen atoms in total. The summed E-state index contributed by atoms with van der Waals surface area (Å²) in [4.78, 5) is 17.9. The predicted octanol–water partition coefficient (Wildman–Crippen LogP) is 11.4. The van der Waals surface area contributed by atoms with Gasteiger partial charge in [0.2, 0.25) is 5.95 Å². The van der Waals surface area contributed by atoms with Crippen molar-refractivity contribution in [1.29, 1.82) is 0 Å². The molecule has 7 aromatic carbocycles. The van der Waals surface area contributed by atoms with Crippen molar-refractivity contribution in [2.24, 2.45) is 0 Å². The Labute approximate surface area is 289 Å². The van der Waals surface area contributed by atoms with Crippen LogP contribution in [0.4, 0.5) is 17.1 Å². The SMILES string of the molecule is c1ccc(-c2nc(-c3ccccc3)nc(-n3c4ccccc4c4ccc5c(c43)N(c3ccccc3)c3ccccc3-c3ccccc3-5)n2)cc1. The van der Waals surface area contributed by atoms with Crippen molar-refractivity contribution in [1.82, 2.24) is 19.5 Å². The Morgan fingerprint density at radius 1 is 0.380 bits per heavy atom. The summed E-state index contributed by atoms with van der Waals surface area (Å²) in [6.45, 7) is 0. The molecule has 10 rings (SSSR count). The fourth-order valence-corrected chi connectivity index (χ4v) is 7.40. The zero-order valence-electron chi connectivity index (χ0n) is 27.0. The van der Waals surface area contributed by atoms with E-state index in [1.807, 2.05) is 36.4 Å². The van der Waals surface area contributed by atoms with Crippen LogP contribution in [0.15, 0.2) is 176 Å². The molecule has 0 atom stereocenters. The standard InChI is InChI=1S/C45H29N5/c1-4-16-30(17-5-1)43-46-44(31-18-6-2-7-19-31)48-45(47-43)50-40-27-15-13-25-36(40)38-29-28-37-34-23-11-10-22-33(34)35-24-12-14-26-39(35)49(41(37)42(38)50)32-20-8-3-9-21-32/h1-29H. The van der Waals surface area contributed by atoms with Gasteiger partial charge in [0.15, 0.2) is 11.6 Å². The van der Waals surface area contributed by atoms with Crippen LogP contribution in [0.5, 0.6) is 0 Å². The second-order valence-corrected chi connectivity index (χ2v) is 12.5. The van der Waals surface area contributed by atoms with Gasteiger partial charge < -0.3 is 4.90 Å². The number of aromatic nitrogens is 4. The van der Waals surface area contributed by atoms with E-state index in [2.05, 4.69) is 149 Å². The molecule has 1 aliphatic heterocycles. The van der Waals surface area contributed by atoms with Crippen LogP contribution in [0.25, 0.3) is 72.8 Å². The Bertz CT molecular complexity index is 2640. The summed E-state index contributed by atoms with van der Waals surface area (Å²) in [5.41, 5.74) is 11.9. The maximum atomic E-state index is 5.25. The predicted molar refractivity (Wildman–Crippen MR) is 204 cm³/mol.